The number of nitrogens with one attached hydrogen (secondary N) is 4. The van der Waals surface area contributed by atoms with Crippen molar-refractivity contribution in [3.05, 3.63) is 258 Å². The number of aromatic nitrogens is 10. The molecule has 37 heteroatoms. The molecule has 4 aromatic carbocycles. The second-order valence-corrected chi connectivity index (χ2v) is 34.2. The largest absolute Gasteiger partial charge is 0.485 e. The van der Waals surface area contributed by atoms with Crippen LogP contribution in [0.3, 0.4) is 0 Å². The van der Waals surface area contributed by atoms with E-state index >= 15 is 0 Å². The average molecular weight is 1790 g/mol. The molecule has 13 aromatic rings. The zero-order valence-electron chi connectivity index (χ0n) is 74.0. The van der Waals surface area contributed by atoms with E-state index in [1.165, 1.54) is 76.4 Å². The number of ketones is 1. The summed E-state index contributed by atoms with van der Waals surface area (Å²) in [5, 5.41) is 15.6. The van der Waals surface area contributed by atoms with Gasteiger partial charge in [0.05, 0.1) is 64.6 Å². The van der Waals surface area contributed by atoms with E-state index in [1.54, 1.807) is 121 Å². The maximum absolute atomic E-state index is 14.1. The van der Waals surface area contributed by atoms with E-state index in [-0.39, 0.29) is 91.1 Å². The van der Waals surface area contributed by atoms with Gasteiger partial charge in [0, 0.05) is 42.3 Å². The molecule has 9 heterocycles. The quantitative estimate of drug-likeness (QED) is 0.0123. The molecule has 4 amide bonds. The maximum atomic E-state index is 14.1. The monoisotopic (exact) mass is 1790 g/mol. The second-order valence-electron chi connectivity index (χ2n) is 33.2. The van der Waals surface area contributed by atoms with Gasteiger partial charge in [-0.05, 0) is 227 Å². The first-order chi connectivity index (χ1) is 60.1. The lowest BCUT2D eigenvalue weighted by atomic mass is 10.0. The maximum Gasteiger partial charge on any atom is 0.408 e. The van der Waals surface area contributed by atoms with Crippen LogP contribution in [0.4, 0.5) is 44.7 Å². The third kappa shape index (κ3) is 24.3. The summed E-state index contributed by atoms with van der Waals surface area (Å²) >= 11 is 1.40. The van der Waals surface area contributed by atoms with Crippen molar-refractivity contribution < 1.29 is 97.0 Å². The molecule has 128 heavy (non-hydrogen) atoms. The molecular weight excluding hydrogens is 1700 g/mol. The van der Waals surface area contributed by atoms with Crippen LogP contribution in [0.25, 0.3) is 33.3 Å². The van der Waals surface area contributed by atoms with Gasteiger partial charge in [0.1, 0.15) is 106 Å². The number of pyridine rings is 4. The Bertz CT molecular complexity index is 6270. The van der Waals surface area contributed by atoms with Gasteiger partial charge < -0.3 is 49.5 Å². The number of fused-ring (bicyclic) bond motifs is 4. The summed E-state index contributed by atoms with van der Waals surface area (Å²) in [4.78, 5) is 91.9. The van der Waals surface area contributed by atoms with Crippen LogP contribution >= 0.6 is 11.3 Å². The van der Waals surface area contributed by atoms with Gasteiger partial charge in [-0.2, -0.15) is 0 Å². The lowest BCUT2D eigenvalue weighted by Crippen LogP contribution is -2.51. The lowest BCUT2D eigenvalue weighted by Gasteiger charge is -2.28. The van der Waals surface area contributed by atoms with Gasteiger partial charge in [0.25, 0.3) is 5.91 Å². The molecule has 0 atom stereocenters. The number of hydrogen-bond donors (Lipinski definition) is 5. The Kier molecular flexibility index (Phi) is 30.5. The Balaban J connectivity index is 0.000000181. The van der Waals surface area contributed by atoms with Crippen LogP contribution in [0.2, 0.25) is 0 Å². The van der Waals surface area contributed by atoms with Gasteiger partial charge in [-0.25, -0.2) is 69.4 Å². The molecule has 0 bridgehead atoms. The molecule has 0 unspecified atom stereocenters. The first-order valence-corrected chi connectivity index (χ1v) is 41.0. The number of Topliss-reactive ketones (excluding diaryl/α,β-unsaturated/α-hetero) is 1. The lowest BCUT2D eigenvalue weighted by molar-refractivity contribution is -0.123. The van der Waals surface area contributed by atoms with Crippen LogP contribution < -0.4 is 46.2 Å². The van der Waals surface area contributed by atoms with Gasteiger partial charge in [0.15, 0.2) is 62.1 Å². The predicted molar refractivity (Wildman–Crippen MR) is 460 cm³/mol. The number of halogens is 8. The molecule has 0 aliphatic carbocycles. The highest BCUT2D eigenvalue weighted by Gasteiger charge is 2.32. The molecule has 28 nitrogen and oxygen atoms in total. The minimum atomic E-state index is -0.961. The summed E-state index contributed by atoms with van der Waals surface area (Å²) in [5.74, 6) is -6.19. The molecule has 9 aromatic heterocycles. The van der Waals surface area contributed by atoms with Crippen molar-refractivity contribution in [1.82, 2.24) is 69.2 Å². The van der Waals surface area contributed by atoms with Gasteiger partial charge in [-0.15, -0.1) is 10.2 Å². The number of carbonyl (C=O) groups is 6. The molecular formula is C91H99F8N15O13S. The molecule has 0 fully saturated rings. The molecule has 0 saturated carbocycles. The second kappa shape index (κ2) is 40.4. The number of benzene rings is 4. The van der Waals surface area contributed by atoms with Crippen LogP contribution in [0.1, 0.15) is 186 Å². The fourth-order valence-electron chi connectivity index (χ4n) is 13.2. The first kappa shape index (κ1) is 96.6. The van der Waals surface area contributed by atoms with Crippen LogP contribution in [0, 0.1) is 102 Å². The Morgan fingerprint density at radius 3 is 1.12 bits per heavy atom. The van der Waals surface area contributed by atoms with Crippen molar-refractivity contribution >= 4 is 69.7 Å². The molecule has 6 N–H and O–H groups in total. The number of hydrazine groups is 1. The van der Waals surface area contributed by atoms with Crippen molar-refractivity contribution in [2.45, 2.75) is 193 Å². The van der Waals surface area contributed by atoms with Crippen molar-refractivity contribution in [2.24, 2.45) is 5.73 Å². The van der Waals surface area contributed by atoms with Crippen LogP contribution in [0.15, 0.2) is 122 Å². The number of rotatable bonds is 24. The molecule has 13 rings (SSSR count). The number of carbonyl (C=O) groups excluding carboxylic acids is 6. The molecule has 0 aliphatic rings. The molecule has 0 saturated heterocycles. The summed E-state index contributed by atoms with van der Waals surface area (Å²) in [6.07, 6.45) is 6.16. The number of nitrogens with two attached hydrogens (primary N) is 1. The first-order valence-electron chi connectivity index (χ1n) is 40.2. The minimum absolute atomic E-state index is 0.127. The number of imidazole rings is 4. The molecule has 0 radical (unpaired) electrons. The Labute approximate surface area is 735 Å². The predicted octanol–water partition coefficient (Wildman–Crippen LogP) is 17.4. The van der Waals surface area contributed by atoms with Gasteiger partial charge >= 0.3 is 18.2 Å². The zero-order valence-corrected chi connectivity index (χ0v) is 74.8. The molecule has 678 valence electrons. The average Bonchev–Trinajstić information content (AvgIpc) is 1.61. The summed E-state index contributed by atoms with van der Waals surface area (Å²) in [7, 11) is 0. The van der Waals surface area contributed by atoms with Gasteiger partial charge in [0.2, 0.25) is 5.91 Å². The highest BCUT2D eigenvalue weighted by molar-refractivity contribution is 7.14. The number of hydrogen-bond acceptors (Lipinski definition) is 21. The highest BCUT2D eigenvalue weighted by atomic mass is 32.1. The SMILES string of the molecule is CCOC(=O)c1c(C)nc2c(OCc3c(F)cccc3F)cc(C)cn12.Cc1cc(OCc2c(F)cccc2F)c2nc(C)c(-c3nnc(CC(C)(C)NC(=O)OC(C)(C)C)s3)n2c1.Cc1cc(OCc2c(F)cccc2F)c2nc(C)c(C(=O)CN)n2c1.Cc1cc(OCc2c(F)cccc2F)c2nc(C)c(C(=O)NNC(=O)CC(C)(C)NC(=O)OC(C)(C)C)n2c1. The normalized spacial score (nSPS) is 11.6. The summed E-state index contributed by atoms with van der Waals surface area (Å²) in [5.41, 5.74) is 14.9. The number of nitrogens with zero attached hydrogens (tertiary/aromatic N) is 10. The van der Waals surface area contributed by atoms with Crippen LogP contribution in [-0.2, 0) is 51.9 Å². The topological polar surface area (TPSA) is 336 Å². The molecule has 0 aliphatic heterocycles. The van der Waals surface area contributed by atoms with Gasteiger partial charge in [-0.3, -0.25) is 42.8 Å². The van der Waals surface area contributed by atoms with E-state index < -0.39 is 98.8 Å². The Morgan fingerprint density at radius 1 is 0.430 bits per heavy atom. The van der Waals surface area contributed by atoms with E-state index in [2.05, 4.69) is 51.6 Å². The number of ether oxygens (including phenoxy) is 7. The van der Waals surface area contributed by atoms with Crippen molar-refractivity contribution in [1.29, 1.82) is 0 Å². The zero-order chi connectivity index (χ0) is 93.9. The van der Waals surface area contributed by atoms with Crippen molar-refractivity contribution in [3.63, 3.8) is 0 Å². The van der Waals surface area contributed by atoms with E-state index in [0.29, 0.717) is 85.3 Å². The van der Waals surface area contributed by atoms with Crippen LogP contribution in [-0.4, -0.2) is 119 Å². The van der Waals surface area contributed by atoms with Crippen molar-refractivity contribution in [2.75, 3.05) is 13.2 Å². The standard InChI is InChI=1S/C27H33F2N5O5.C27H31F2N5O3S.C19H18F2N2O3.C18H17F2N3O2/c1-15-11-20(38-14-17-18(28)9-8-10-19(17)29)23-30-16(2)22(34(23)13-15)24(36)33-32-21(35)12-27(6,7)31-25(37)39-26(3,4)5;1-15-11-20(36-14-17-18(28)9-8-10-19(17)29)23-30-16(2)22(34(23)13-15)24-33-32-21(38-24)12-27(6,7)31-25(35)37-26(3,4)5;1-4-25-19(24)17-12(3)22-18-16(8-11(2)9-23(17)18)26-10-13-14(20)6-5-7-15(13)21;1-10-6-16(25-9-12-13(19)4-3-5-14(12)20)18-22-11(2)17(15(24)7-21)23(18)8-10/h8-11,13H,12,14H2,1-7H3,(H,31,37)(H,32,35)(H,33,36);8-11,13H,12,14H2,1-7H3,(H,31,35);5-9H,4,10H2,1-3H3;3-6,8H,7,9,21H2,1-2H3. The van der Waals surface area contributed by atoms with Crippen LogP contribution in [0.5, 0.6) is 23.0 Å². The summed E-state index contributed by atoms with van der Waals surface area (Å²) < 4.78 is 156. The number of amides is 4. The number of alkyl carbamates (subject to hydrolysis) is 2. The van der Waals surface area contributed by atoms with E-state index in [9.17, 15) is 63.9 Å². The van der Waals surface area contributed by atoms with Gasteiger partial charge in [-0.1, -0.05) is 35.6 Å². The number of aryl methyl sites for hydroxylation is 8. The van der Waals surface area contributed by atoms with E-state index in [4.69, 9.17) is 38.9 Å². The fraction of sp³-hybridized carbons (Fsp3) is 0.341. The van der Waals surface area contributed by atoms with Crippen molar-refractivity contribution in [3.8, 4) is 33.7 Å². The third-order valence-electron chi connectivity index (χ3n) is 18.7. The molecule has 0 spiro atoms. The fourth-order valence-corrected chi connectivity index (χ4v) is 14.4. The Hall–Kier alpha value is -13.6. The third-order valence-corrected chi connectivity index (χ3v) is 19.6. The van der Waals surface area contributed by atoms with E-state index in [1.807, 2.05) is 72.9 Å². The van der Waals surface area contributed by atoms with E-state index in [0.717, 1.165) is 39.5 Å². The summed E-state index contributed by atoms with van der Waals surface area (Å²) in [6.45, 7) is 32.4. The highest BCUT2D eigenvalue weighted by Crippen LogP contribution is 2.36. The number of esters is 1. The Morgan fingerprint density at radius 2 is 0.758 bits per heavy atom. The minimum Gasteiger partial charge on any atom is -0.485 e. The summed E-state index contributed by atoms with van der Waals surface area (Å²) in [6, 6.07) is 21.4. The smallest absolute Gasteiger partial charge is 0.408 e.